The molecule has 5 nitrogen and oxygen atoms in total. The average molecular weight is 479 g/mol. The fraction of sp³-hybridized carbons (Fsp3) is 0.636. The van der Waals surface area contributed by atoms with Crippen LogP contribution in [0.1, 0.15) is 60.0 Å². The molecule has 1 heterocycles. The maximum atomic E-state index is 13.0. The van der Waals surface area contributed by atoms with Gasteiger partial charge in [0.15, 0.2) is 0 Å². The maximum absolute atomic E-state index is 13.0. The number of nitrogens with zero attached hydrogens (tertiary/aromatic N) is 1. The van der Waals surface area contributed by atoms with Crippen LogP contribution < -0.4 is 10.6 Å². The molecule has 0 spiro atoms. The van der Waals surface area contributed by atoms with E-state index in [1.165, 1.54) is 0 Å². The molecule has 2 fully saturated rings. The fourth-order valence-electron chi connectivity index (χ4n) is 4.32. The van der Waals surface area contributed by atoms with Gasteiger partial charge in [0.1, 0.15) is 0 Å². The second kappa shape index (κ2) is 10.3. The standard InChI is InChI=1S/C22H27F6N3O2/c23-21(24,25)16-9-15(10-17(11-16)22(26,27)28)20(33)29-12-14-5-7-31(8-6-14)13-19(32)30-18-3-1-2-4-18/h9-11,14,18H,1-8,12-13H2,(H,29,33)(H,30,32). The normalized spacial score (nSPS) is 19.0. The van der Waals surface area contributed by atoms with E-state index in [-0.39, 0.29) is 30.5 Å². The molecule has 2 N–H and O–H groups in total. The van der Waals surface area contributed by atoms with Gasteiger partial charge in [-0.3, -0.25) is 14.5 Å². The summed E-state index contributed by atoms with van der Waals surface area (Å²) in [6.07, 6.45) is -4.44. The Bertz CT molecular complexity index is 809. The van der Waals surface area contributed by atoms with Crippen LogP contribution >= 0.6 is 0 Å². The Morgan fingerprint density at radius 3 is 1.94 bits per heavy atom. The summed E-state index contributed by atoms with van der Waals surface area (Å²) in [5, 5.41) is 5.49. The molecule has 3 rings (SSSR count). The summed E-state index contributed by atoms with van der Waals surface area (Å²) in [7, 11) is 0. The molecule has 0 radical (unpaired) electrons. The van der Waals surface area contributed by atoms with Crippen LogP contribution in [0, 0.1) is 5.92 Å². The van der Waals surface area contributed by atoms with Gasteiger partial charge in [0.2, 0.25) is 5.91 Å². The summed E-state index contributed by atoms with van der Waals surface area (Å²) in [6, 6.07) is 1.10. The minimum absolute atomic E-state index is 0.00460. The predicted molar refractivity (Wildman–Crippen MR) is 108 cm³/mol. The highest BCUT2D eigenvalue weighted by atomic mass is 19.4. The molecule has 1 saturated carbocycles. The number of piperidine rings is 1. The van der Waals surface area contributed by atoms with Crippen molar-refractivity contribution in [3.8, 4) is 0 Å². The number of halogens is 6. The minimum Gasteiger partial charge on any atom is -0.352 e. The van der Waals surface area contributed by atoms with Crippen molar-refractivity contribution in [1.29, 1.82) is 0 Å². The Hall–Kier alpha value is -2.30. The number of benzene rings is 1. The van der Waals surface area contributed by atoms with Gasteiger partial charge in [-0.15, -0.1) is 0 Å². The van der Waals surface area contributed by atoms with E-state index < -0.39 is 35.0 Å². The molecular weight excluding hydrogens is 452 g/mol. The van der Waals surface area contributed by atoms with Crippen LogP contribution in [0.15, 0.2) is 18.2 Å². The van der Waals surface area contributed by atoms with E-state index in [0.29, 0.717) is 44.6 Å². The molecule has 0 bridgehead atoms. The first kappa shape index (κ1) is 25.3. The second-order valence-electron chi connectivity index (χ2n) is 8.77. The van der Waals surface area contributed by atoms with E-state index in [9.17, 15) is 35.9 Å². The highest BCUT2D eigenvalue weighted by Gasteiger charge is 2.37. The fourth-order valence-corrected chi connectivity index (χ4v) is 4.32. The van der Waals surface area contributed by atoms with Crippen LogP contribution in [0.4, 0.5) is 26.3 Å². The van der Waals surface area contributed by atoms with E-state index in [0.717, 1.165) is 25.7 Å². The number of likely N-dealkylation sites (tertiary alicyclic amines) is 1. The van der Waals surface area contributed by atoms with Gasteiger partial charge in [0, 0.05) is 18.2 Å². The smallest absolute Gasteiger partial charge is 0.352 e. The van der Waals surface area contributed by atoms with E-state index in [2.05, 4.69) is 10.6 Å². The molecule has 1 aliphatic heterocycles. The van der Waals surface area contributed by atoms with Gasteiger partial charge in [-0.2, -0.15) is 26.3 Å². The van der Waals surface area contributed by atoms with Crippen molar-refractivity contribution >= 4 is 11.8 Å². The molecule has 184 valence electrons. The maximum Gasteiger partial charge on any atom is 0.416 e. The second-order valence-corrected chi connectivity index (χ2v) is 8.77. The monoisotopic (exact) mass is 479 g/mol. The van der Waals surface area contributed by atoms with Gasteiger partial charge in [0.05, 0.1) is 17.7 Å². The van der Waals surface area contributed by atoms with Gasteiger partial charge in [-0.1, -0.05) is 12.8 Å². The zero-order chi connectivity index (χ0) is 24.2. The van der Waals surface area contributed by atoms with Crippen LogP contribution in [0.3, 0.4) is 0 Å². The lowest BCUT2D eigenvalue weighted by molar-refractivity contribution is -0.143. The molecule has 0 unspecified atom stereocenters. The van der Waals surface area contributed by atoms with Gasteiger partial charge >= 0.3 is 12.4 Å². The summed E-state index contributed by atoms with van der Waals surface area (Å²) < 4.78 is 77.9. The lowest BCUT2D eigenvalue weighted by Crippen LogP contribution is -2.45. The highest BCUT2D eigenvalue weighted by Crippen LogP contribution is 2.36. The summed E-state index contributed by atoms with van der Waals surface area (Å²) in [6.45, 7) is 1.68. The third kappa shape index (κ3) is 7.35. The molecular formula is C22H27F6N3O2. The molecule has 1 aliphatic carbocycles. The largest absolute Gasteiger partial charge is 0.416 e. The van der Waals surface area contributed by atoms with Crippen molar-refractivity contribution in [3.05, 3.63) is 34.9 Å². The summed E-state index contributed by atoms with van der Waals surface area (Å²) in [5.74, 6) is -0.973. The Morgan fingerprint density at radius 2 is 1.42 bits per heavy atom. The topological polar surface area (TPSA) is 61.4 Å². The molecule has 1 aromatic carbocycles. The molecule has 1 saturated heterocycles. The van der Waals surface area contributed by atoms with Crippen LogP contribution in [-0.2, 0) is 17.1 Å². The molecule has 33 heavy (non-hydrogen) atoms. The zero-order valence-electron chi connectivity index (χ0n) is 18.0. The number of nitrogens with one attached hydrogen (secondary N) is 2. The van der Waals surface area contributed by atoms with Crippen molar-refractivity contribution in [2.24, 2.45) is 5.92 Å². The average Bonchev–Trinajstić information content (AvgIpc) is 3.24. The molecule has 1 aromatic rings. The number of hydrogen-bond acceptors (Lipinski definition) is 3. The first-order chi connectivity index (χ1) is 15.4. The SMILES string of the molecule is O=C(CN1CCC(CNC(=O)c2cc(C(F)(F)F)cc(C(F)(F)F)c2)CC1)NC1CCCC1. The first-order valence-electron chi connectivity index (χ1n) is 11.0. The van der Waals surface area contributed by atoms with Crippen molar-refractivity contribution in [2.75, 3.05) is 26.2 Å². The number of alkyl halides is 6. The summed E-state index contributed by atoms with van der Waals surface area (Å²) in [4.78, 5) is 26.5. The van der Waals surface area contributed by atoms with Crippen molar-refractivity contribution in [1.82, 2.24) is 15.5 Å². The van der Waals surface area contributed by atoms with Crippen LogP contribution in [0.5, 0.6) is 0 Å². The van der Waals surface area contributed by atoms with Gasteiger partial charge in [-0.25, -0.2) is 0 Å². The molecule has 0 atom stereocenters. The lowest BCUT2D eigenvalue weighted by Gasteiger charge is -2.31. The predicted octanol–water partition coefficient (Wildman–Crippen LogP) is 4.22. The third-order valence-electron chi connectivity index (χ3n) is 6.20. The van der Waals surface area contributed by atoms with Crippen molar-refractivity contribution in [3.63, 3.8) is 0 Å². The Labute approximate surface area is 187 Å². The van der Waals surface area contributed by atoms with Crippen molar-refractivity contribution in [2.45, 2.75) is 56.9 Å². The van der Waals surface area contributed by atoms with Gasteiger partial charge < -0.3 is 10.6 Å². The summed E-state index contributed by atoms with van der Waals surface area (Å²) >= 11 is 0. The molecule has 0 aromatic heterocycles. The van der Waals surface area contributed by atoms with Crippen LogP contribution in [-0.4, -0.2) is 48.9 Å². The minimum atomic E-state index is -5.01. The number of hydrogen-bond donors (Lipinski definition) is 2. The van der Waals surface area contributed by atoms with Crippen LogP contribution in [0.25, 0.3) is 0 Å². The number of amides is 2. The van der Waals surface area contributed by atoms with E-state index >= 15 is 0 Å². The van der Waals surface area contributed by atoms with Gasteiger partial charge in [-0.05, 0) is 62.9 Å². The first-order valence-corrected chi connectivity index (χ1v) is 11.0. The van der Waals surface area contributed by atoms with E-state index in [4.69, 9.17) is 0 Å². The van der Waals surface area contributed by atoms with Crippen LogP contribution in [0.2, 0.25) is 0 Å². The summed E-state index contributed by atoms with van der Waals surface area (Å²) in [5.41, 5.74) is -3.73. The molecule has 11 heteroatoms. The number of carbonyl (C=O) groups excluding carboxylic acids is 2. The number of carbonyl (C=O) groups is 2. The van der Waals surface area contributed by atoms with Crippen molar-refractivity contribution < 1.29 is 35.9 Å². The quantitative estimate of drug-likeness (QED) is 0.601. The molecule has 2 aliphatic rings. The Morgan fingerprint density at radius 1 is 0.879 bits per heavy atom. The number of rotatable bonds is 6. The van der Waals surface area contributed by atoms with E-state index in [1.54, 1.807) is 0 Å². The Kier molecular flexibility index (Phi) is 7.92. The lowest BCUT2D eigenvalue weighted by atomic mass is 9.96. The Balaban J connectivity index is 1.49. The van der Waals surface area contributed by atoms with Gasteiger partial charge in [0.25, 0.3) is 5.91 Å². The zero-order valence-corrected chi connectivity index (χ0v) is 18.0. The third-order valence-corrected chi connectivity index (χ3v) is 6.20. The molecule has 2 amide bonds. The van der Waals surface area contributed by atoms with E-state index in [1.807, 2.05) is 4.90 Å². The highest BCUT2D eigenvalue weighted by molar-refractivity contribution is 5.94.